The lowest BCUT2D eigenvalue weighted by Gasteiger charge is -2.41. The summed E-state index contributed by atoms with van der Waals surface area (Å²) in [6.07, 6.45) is 2.21. The maximum atomic E-state index is 6.43. The number of benzene rings is 1. The molecule has 0 aliphatic carbocycles. The molecule has 19 heavy (non-hydrogen) atoms. The Bertz CT molecular complexity index is 401. The van der Waals surface area contributed by atoms with Gasteiger partial charge in [0.1, 0.15) is 0 Å². The van der Waals surface area contributed by atoms with Crippen LogP contribution in [0.2, 0.25) is 0 Å². The molecule has 2 rings (SSSR count). The van der Waals surface area contributed by atoms with E-state index in [1.807, 2.05) is 0 Å². The highest BCUT2D eigenvalue weighted by atomic mass is 16.5. The molecule has 1 N–H and O–H groups in total. The molecule has 0 aromatic heterocycles. The van der Waals surface area contributed by atoms with Gasteiger partial charge in [0, 0.05) is 20.2 Å². The van der Waals surface area contributed by atoms with Crippen LogP contribution in [0, 0.1) is 0 Å². The van der Waals surface area contributed by atoms with Crippen molar-refractivity contribution in [1.29, 1.82) is 0 Å². The van der Waals surface area contributed by atoms with E-state index >= 15 is 0 Å². The van der Waals surface area contributed by atoms with Gasteiger partial charge in [-0.1, -0.05) is 38.1 Å². The fraction of sp³-hybridized carbons (Fsp3) is 0.625. The van der Waals surface area contributed by atoms with Gasteiger partial charge in [-0.05, 0) is 24.0 Å². The van der Waals surface area contributed by atoms with Crippen molar-refractivity contribution in [2.24, 2.45) is 0 Å². The van der Waals surface area contributed by atoms with Gasteiger partial charge in [-0.15, -0.1) is 0 Å². The Balaban J connectivity index is 2.21. The van der Waals surface area contributed by atoms with Crippen LogP contribution in [0.25, 0.3) is 0 Å². The number of hydrogen-bond donors (Lipinski definition) is 1. The molecule has 1 unspecified atom stereocenters. The Labute approximate surface area is 116 Å². The first-order valence-corrected chi connectivity index (χ1v) is 7.20. The molecular weight excluding hydrogens is 238 g/mol. The molecule has 3 heteroatoms. The maximum absolute atomic E-state index is 6.43. The quantitative estimate of drug-likeness (QED) is 0.885. The summed E-state index contributed by atoms with van der Waals surface area (Å²) in [4.78, 5) is 0. The first-order valence-electron chi connectivity index (χ1n) is 7.20. The zero-order valence-electron chi connectivity index (χ0n) is 12.2. The molecule has 0 saturated carbocycles. The molecule has 0 bridgehead atoms. The predicted molar refractivity (Wildman–Crippen MR) is 77.2 cm³/mol. The molecule has 3 nitrogen and oxygen atoms in total. The van der Waals surface area contributed by atoms with Crippen molar-refractivity contribution in [3.05, 3.63) is 35.4 Å². The van der Waals surface area contributed by atoms with Crippen LogP contribution in [0.3, 0.4) is 0 Å². The number of hydrogen-bond acceptors (Lipinski definition) is 3. The van der Waals surface area contributed by atoms with Crippen LogP contribution >= 0.6 is 0 Å². The highest BCUT2D eigenvalue weighted by Crippen LogP contribution is 2.33. The van der Waals surface area contributed by atoms with Gasteiger partial charge >= 0.3 is 0 Å². The largest absolute Gasteiger partial charge is 0.380 e. The molecule has 1 atom stereocenters. The van der Waals surface area contributed by atoms with Crippen LogP contribution in [0.5, 0.6) is 0 Å². The number of morpholine rings is 1. The second kappa shape index (κ2) is 6.51. The van der Waals surface area contributed by atoms with Crippen molar-refractivity contribution >= 4 is 0 Å². The summed E-state index contributed by atoms with van der Waals surface area (Å²) < 4.78 is 11.7. The first-order chi connectivity index (χ1) is 9.24. The highest BCUT2D eigenvalue weighted by molar-refractivity contribution is 5.29. The molecule has 1 aliphatic heterocycles. The van der Waals surface area contributed by atoms with Crippen molar-refractivity contribution < 1.29 is 9.47 Å². The van der Waals surface area contributed by atoms with Gasteiger partial charge in [0.15, 0.2) is 0 Å². The van der Waals surface area contributed by atoms with E-state index < -0.39 is 0 Å². The first kappa shape index (κ1) is 14.5. The maximum Gasteiger partial charge on any atom is 0.0960 e. The van der Waals surface area contributed by atoms with Gasteiger partial charge in [-0.3, -0.25) is 0 Å². The van der Waals surface area contributed by atoms with E-state index in [4.69, 9.17) is 9.47 Å². The van der Waals surface area contributed by atoms with Crippen LogP contribution < -0.4 is 5.32 Å². The highest BCUT2D eigenvalue weighted by Gasteiger charge is 2.35. The molecule has 1 heterocycles. The van der Waals surface area contributed by atoms with E-state index in [0.29, 0.717) is 6.61 Å². The Hall–Kier alpha value is -0.900. The summed E-state index contributed by atoms with van der Waals surface area (Å²) in [5.41, 5.74) is 2.45. The van der Waals surface area contributed by atoms with Gasteiger partial charge in [0.2, 0.25) is 0 Å². The standard InChI is InChI=1S/C16H25NO2/c1-4-16(5-2)12-17-10-15(19-16)14-9-7-6-8-13(14)11-18-3/h6-9,15,17H,4-5,10-12H2,1-3H3. The number of methoxy groups -OCH3 is 1. The predicted octanol–water partition coefficient (Wildman–Crippen LogP) is 3.05. The van der Waals surface area contributed by atoms with Crippen LogP contribution in [-0.4, -0.2) is 25.8 Å². The number of nitrogens with one attached hydrogen (secondary N) is 1. The van der Waals surface area contributed by atoms with Gasteiger partial charge in [-0.25, -0.2) is 0 Å². The van der Waals surface area contributed by atoms with Crippen LogP contribution in [0.1, 0.15) is 43.9 Å². The molecule has 1 aromatic carbocycles. The second-order valence-electron chi connectivity index (χ2n) is 5.26. The topological polar surface area (TPSA) is 30.5 Å². The monoisotopic (exact) mass is 263 g/mol. The third-order valence-corrected chi connectivity index (χ3v) is 4.16. The smallest absolute Gasteiger partial charge is 0.0960 e. The number of ether oxygens (including phenoxy) is 2. The molecule has 1 aromatic rings. The Kier molecular flexibility index (Phi) is 4.97. The lowest BCUT2D eigenvalue weighted by Crippen LogP contribution is -2.50. The van der Waals surface area contributed by atoms with E-state index in [0.717, 1.165) is 25.9 Å². The second-order valence-corrected chi connectivity index (χ2v) is 5.26. The molecule has 106 valence electrons. The Morgan fingerprint density at radius 1 is 1.32 bits per heavy atom. The SMILES string of the molecule is CCC1(CC)CNCC(c2ccccc2COC)O1. The molecule has 0 spiro atoms. The average Bonchev–Trinajstić information content (AvgIpc) is 2.48. The van der Waals surface area contributed by atoms with Gasteiger partial charge in [0.05, 0.1) is 18.3 Å². The third kappa shape index (κ3) is 3.16. The van der Waals surface area contributed by atoms with E-state index in [2.05, 4.69) is 43.4 Å². The van der Waals surface area contributed by atoms with Crippen molar-refractivity contribution in [3.8, 4) is 0 Å². The van der Waals surface area contributed by atoms with E-state index in [9.17, 15) is 0 Å². The van der Waals surface area contributed by atoms with Crippen molar-refractivity contribution in [2.45, 2.75) is 45.0 Å². The van der Waals surface area contributed by atoms with E-state index in [1.54, 1.807) is 7.11 Å². The van der Waals surface area contributed by atoms with Crippen molar-refractivity contribution in [1.82, 2.24) is 5.32 Å². The van der Waals surface area contributed by atoms with E-state index in [-0.39, 0.29) is 11.7 Å². The lowest BCUT2D eigenvalue weighted by molar-refractivity contribution is -0.123. The zero-order chi connectivity index (χ0) is 13.7. The summed E-state index contributed by atoms with van der Waals surface area (Å²) in [7, 11) is 1.74. The molecule has 1 saturated heterocycles. The van der Waals surface area contributed by atoms with Gasteiger partial charge < -0.3 is 14.8 Å². The van der Waals surface area contributed by atoms with Gasteiger partial charge in [0.25, 0.3) is 0 Å². The minimum Gasteiger partial charge on any atom is -0.380 e. The average molecular weight is 263 g/mol. The minimum atomic E-state index is -0.0247. The third-order valence-electron chi connectivity index (χ3n) is 4.16. The summed E-state index contributed by atoms with van der Waals surface area (Å²) in [5, 5.41) is 3.53. The summed E-state index contributed by atoms with van der Waals surface area (Å²) in [6, 6.07) is 8.41. The van der Waals surface area contributed by atoms with Crippen LogP contribution in [0.4, 0.5) is 0 Å². The molecule has 1 fully saturated rings. The van der Waals surface area contributed by atoms with E-state index in [1.165, 1.54) is 11.1 Å². The fourth-order valence-corrected chi connectivity index (χ4v) is 2.79. The van der Waals surface area contributed by atoms with Gasteiger partial charge in [-0.2, -0.15) is 0 Å². The summed E-state index contributed by atoms with van der Waals surface area (Å²) in [5.74, 6) is 0. The van der Waals surface area contributed by atoms with Crippen molar-refractivity contribution in [3.63, 3.8) is 0 Å². The fourth-order valence-electron chi connectivity index (χ4n) is 2.79. The lowest BCUT2D eigenvalue weighted by atomic mass is 9.92. The van der Waals surface area contributed by atoms with Crippen molar-refractivity contribution in [2.75, 3.05) is 20.2 Å². The van der Waals surface area contributed by atoms with Crippen LogP contribution in [0.15, 0.2) is 24.3 Å². The number of rotatable bonds is 5. The Morgan fingerprint density at radius 3 is 2.74 bits per heavy atom. The molecular formula is C16H25NO2. The molecule has 0 amide bonds. The zero-order valence-corrected chi connectivity index (χ0v) is 12.2. The Morgan fingerprint density at radius 2 is 2.05 bits per heavy atom. The molecule has 0 radical (unpaired) electrons. The minimum absolute atomic E-state index is 0.0247. The van der Waals surface area contributed by atoms with Crippen LogP contribution in [-0.2, 0) is 16.1 Å². The normalized spacial score (nSPS) is 22.4. The summed E-state index contributed by atoms with van der Waals surface area (Å²) in [6.45, 7) is 6.87. The molecule has 1 aliphatic rings. The summed E-state index contributed by atoms with van der Waals surface area (Å²) >= 11 is 0.